The van der Waals surface area contributed by atoms with Crippen molar-refractivity contribution >= 4 is 0 Å². The molecule has 0 aromatic heterocycles. The van der Waals surface area contributed by atoms with Gasteiger partial charge in [0.25, 0.3) is 0 Å². The molecule has 2 unspecified atom stereocenters. The molecule has 0 heterocycles. The van der Waals surface area contributed by atoms with Gasteiger partial charge in [0.05, 0.1) is 0 Å². The van der Waals surface area contributed by atoms with Crippen LogP contribution >= 0.6 is 0 Å². The fourth-order valence-corrected chi connectivity index (χ4v) is 2.24. The number of likely N-dealkylation sites (N-methyl/N-ethyl adjacent to an activating group) is 1. The van der Waals surface area contributed by atoms with Crippen molar-refractivity contribution in [1.29, 1.82) is 0 Å². The molecule has 0 aliphatic heterocycles. The second-order valence-electron chi connectivity index (χ2n) is 6.44. The van der Waals surface area contributed by atoms with E-state index in [0.717, 1.165) is 18.5 Å². The van der Waals surface area contributed by atoms with Gasteiger partial charge in [-0.2, -0.15) is 0 Å². The van der Waals surface area contributed by atoms with E-state index in [1.165, 1.54) is 19.3 Å². The largest absolute Gasteiger partial charge is 0.311 e. The standard InChI is InChI=1S/C14H30N2/c1-7-13(10-15-14(3,4)5)16(6)11(2)12-8-9-12/h11-13,15H,7-10H2,1-6H3. The van der Waals surface area contributed by atoms with Crippen molar-refractivity contribution in [2.75, 3.05) is 13.6 Å². The first-order chi connectivity index (χ1) is 7.35. The maximum atomic E-state index is 3.63. The first kappa shape index (κ1) is 14.0. The SMILES string of the molecule is CCC(CNC(C)(C)C)N(C)C(C)C1CC1. The summed E-state index contributed by atoms with van der Waals surface area (Å²) in [6.45, 7) is 12.5. The van der Waals surface area contributed by atoms with Crippen molar-refractivity contribution in [3.63, 3.8) is 0 Å². The van der Waals surface area contributed by atoms with Crippen LogP contribution in [-0.4, -0.2) is 36.1 Å². The van der Waals surface area contributed by atoms with Gasteiger partial charge in [-0.3, -0.25) is 4.90 Å². The fraction of sp³-hybridized carbons (Fsp3) is 1.00. The van der Waals surface area contributed by atoms with E-state index in [0.29, 0.717) is 6.04 Å². The number of rotatable bonds is 6. The maximum Gasteiger partial charge on any atom is 0.0218 e. The topological polar surface area (TPSA) is 15.3 Å². The van der Waals surface area contributed by atoms with E-state index in [2.05, 4.69) is 51.9 Å². The second-order valence-corrected chi connectivity index (χ2v) is 6.44. The predicted octanol–water partition coefficient (Wildman–Crippen LogP) is 2.88. The molecule has 0 saturated heterocycles. The summed E-state index contributed by atoms with van der Waals surface area (Å²) in [5.74, 6) is 0.966. The van der Waals surface area contributed by atoms with Gasteiger partial charge < -0.3 is 5.32 Å². The third kappa shape index (κ3) is 4.42. The Kier molecular flexibility index (Phi) is 4.81. The Morgan fingerprint density at radius 3 is 2.25 bits per heavy atom. The molecular formula is C14H30N2. The van der Waals surface area contributed by atoms with Crippen molar-refractivity contribution < 1.29 is 0 Å². The molecule has 2 heteroatoms. The number of nitrogens with zero attached hydrogens (tertiary/aromatic N) is 1. The van der Waals surface area contributed by atoms with Crippen molar-refractivity contribution in [2.24, 2.45) is 5.92 Å². The lowest BCUT2D eigenvalue weighted by molar-refractivity contribution is 0.152. The fourth-order valence-electron chi connectivity index (χ4n) is 2.24. The summed E-state index contributed by atoms with van der Waals surface area (Å²) >= 11 is 0. The Balaban J connectivity index is 2.39. The molecule has 1 N–H and O–H groups in total. The highest BCUT2D eigenvalue weighted by Gasteiger charge is 2.32. The van der Waals surface area contributed by atoms with Crippen LogP contribution in [0.3, 0.4) is 0 Å². The van der Waals surface area contributed by atoms with Crippen molar-refractivity contribution in [2.45, 2.75) is 71.5 Å². The lowest BCUT2D eigenvalue weighted by atomic mass is 10.1. The molecule has 2 nitrogen and oxygen atoms in total. The highest BCUT2D eigenvalue weighted by molar-refractivity contribution is 4.87. The molecule has 0 bridgehead atoms. The van der Waals surface area contributed by atoms with Gasteiger partial charge in [-0.15, -0.1) is 0 Å². The normalized spacial score (nSPS) is 21.2. The average Bonchev–Trinajstić information content (AvgIpc) is 2.98. The van der Waals surface area contributed by atoms with Gasteiger partial charge in [-0.25, -0.2) is 0 Å². The van der Waals surface area contributed by atoms with E-state index in [1.807, 2.05) is 0 Å². The summed E-state index contributed by atoms with van der Waals surface area (Å²) in [6.07, 6.45) is 4.11. The molecule has 0 radical (unpaired) electrons. The molecule has 1 rings (SSSR count). The summed E-state index contributed by atoms with van der Waals surface area (Å²) in [7, 11) is 2.29. The summed E-state index contributed by atoms with van der Waals surface area (Å²) < 4.78 is 0. The molecule has 1 aliphatic carbocycles. The molecule has 0 spiro atoms. The summed E-state index contributed by atoms with van der Waals surface area (Å²) in [4.78, 5) is 2.58. The van der Waals surface area contributed by atoms with Crippen LogP contribution in [0.1, 0.15) is 53.9 Å². The predicted molar refractivity (Wildman–Crippen MR) is 71.8 cm³/mol. The van der Waals surface area contributed by atoms with Crippen molar-refractivity contribution in [3.8, 4) is 0 Å². The number of nitrogens with one attached hydrogen (secondary N) is 1. The van der Waals surface area contributed by atoms with E-state index in [4.69, 9.17) is 0 Å². The summed E-state index contributed by atoms with van der Waals surface area (Å²) in [5, 5.41) is 3.63. The van der Waals surface area contributed by atoms with Crippen molar-refractivity contribution in [3.05, 3.63) is 0 Å². The molecule has 0 aromatic carbocycles. The molecule has 0 amide bonds. The molecule has 96 valence electrons. The van der Waals surface area contributed by atoms with Crippen LogP contribution in [0.15, 0.2) is 0 Å². The van der Waals surface area contributed by atoms with Crippen LogP contribution in [0.5, 0.6) is 0 Å². The van der Waals surface area contributed by atoms with Gasteiger partial charge in [0.15, 0.2) is 0 Å². The Morgan fingerprint density at radius 2 is 1.88 bits per heavy atom. The van der Waals surface area contributed by atoms with Crippen LogP contribution in [-0.2, 0) is 0 Å². The Morgan fingerprint density at radius 1 is 1.31 bits per heavy atom. The van der Waals surface area contributed by atoms with Gasteiger partial charge >= 0.3 is 0 Å². The monoisotopic (exact) mass is 226 g/mol. The lowest BCUT2D eigenvalue weighted by Gasteiger charge is -2.35. The third-order valence-electron chi connectivity index (χ3n) is 3.86. The molecule has 16 heavy (non-hydrogen) atoms. The van der Waals surface area contributed by atoms with Crippen LogP contribution in [0.4, 0.5) is 0 Å². The first-order valence-corrected chi connectivity index (χ1v) is 6.82. The van der Waals surface area contributed by atoms with Crippen LogP contribution in [0.25, 0.3) is 0 Å². The highest BCUT2D eigenvalue weighted by Crippen LogP contribution is 2.35. The Bertz CT molecular complexity index is 203. The van der Waals surface area contributed by atoms with E-state index in [1.54, 1.807) is 0 Å². The van der Waals surface area contributed by atoms with Gasteiger partial charge in [-0.1, -0.05) is 6.92 Å². The summed E-state index contributed by atoms with van der Waals surface area (Å²) in [6, 6.07) is 1.43. The van der Waals surface area contributed by atoms with Crippen LogP contribution < -0.4 is 5.32 Å². The minimum Gasteiger partial charge on any atom is -0.311 e. The number of hydrogen-bond donors (Lipinski definition) is 1. The van der Waals surface area contributed by atoms with Crippen LogP contribution in [0, 0.1) is 5.92 Å². The minimum atomic E-state index is 0.233. The molecular weight excluding hydrogens is 196 g/mol. The molecule has 1 fully saturated rings. The Hall–Kier alpha value is -0.0800. The third-order valence-corrected chi connectivity index (χ3v) is 3.86. The molecule has 2 atom stereocenters. The highest BCUT2D eigenvalue weighted by atomic mass is 15.2. The van der Waals surface area contributed by atoms with Crippen LogP contribution in [0.2, 0.25) is 0 Å². The van der Waals surface area contributed by atoms with Gasteiger partial charge in [0, 0.05) is 24.2 Å². The molecule has 0 aromatic rings. The minimum absolute atomic E-state index is 0.233. The first-order valence-electron chi connectivity index (χ1n) is 6.82. The Labute approximate surface area is 102 Å². The smallest absolute Gasteiger partial charge is 0.0218 e. The quantitative estimate of drug-likeness (QED) is 0.749. The van der Waals surface area contributed by atoms with Crippen molar-refractivity contribution in [1.82, 2.24) is 10.2 Å². The van der Waals surface area contributed by atoms with Gasteiger partial charge in [-0.05, 0) is 59.9 Å². The van der Waals surface area contributed by atoms with E-state index >= 15 is 0 Å². The average molecular weight is 226 g/mol. The van der Waals surface area contributed by atoms with E-state index in [-0.39, 0.29) is 5.54 Å². The van der Waals surface area contributed by atoms with Gasteiger partial charge in [0.2, 0.25) is 0 Å². The lowest BCUT2D eigenvalue weighted by Crippen LogP contribution is -2.49. The molecule has 1 saturated carbocycles. The zero-order valence-corrected chi connectivity index (χ0v) is 12.0. The van der Waals surface area contributed by atoms with E-state index in [9.17, 15) is 0 Å². The zero-order chi connectivity index (χ0) is 12.3. The summed E-state index contributed by atoms with van der Waals surface area (Å²) in [5.41, 5.74) is 0.233. The second kappa shape index (κ2) is 5.50. The zero-order valence-electron chi connectivity index (χ0n) is 12.0. The molecule has 1 aliphatic rings. The maximum absolute atomic E-state index is 3.63. The number of hydrogen-bond acceptors (Lipinski definition) is 2. The van der Waals surface area contributed by atoms with E-state index < -0.39 is 0 Å². The van der Waals surface area contributed by atoms with Gasteiger partial charge in [0.1, 0.15) is 0 Å².